The molecule has 2 aromatic carbocycles. The molecule has 0 unspecified atom stereocenters. The van der Waals surface area contributed by atoms with E-state index < -0.39 is 23.6 Å². The van der Waals surface area contributed by atoms with Crippen LogP contribution >= 0.6 is 0 Å². The molecule has 40 heavy (non-hydrogen) atoms. The van der Waals surface area contributed by atoms with Crippen LogP contribution in [0.3, 0.4) is 0 Å². The van der Waals surface area contributed by atoms with Gasteiger partial charge in [0.2, 0.25) is 0 Å². The maximum absolute atomic E-state index is 14.5. The lowest BCUT2D eigenvalue weighted by atomic mass is 9.93. The van der Waals surface area contributed by atoms with E-state index in [1.54, 1.807) is 42.9 Å². The maximum Gasteiger partial charge on any atom is 0.302 e. The summed E-state index contributed by atoms with van der Waals surface area (Å²) in [6.07, 6.45) is 3.27. The van der Waals surface area contributed by atoms with E-state index in [0.717, 1.165) is 10.6 Å². The van der Waals surface area contributed by atoms with E-state index in [9.17, 15) is 24.0 Å². The lowest BCUT2D eigenvalue weighted by Gasteiger charge is -2.27. The van der Waals surface area contributed by atoms with Crippen LogP contribution < -0.4 is 0 Å². The Balaban J connectivity index is 1.73. The van der Waals surface area contributed by atoms with Gasteiger partial charge in [-0.05, 0) is 49.3 Å². The molecule has 0 saturated carbocycles. The Labute approximate surface area is 230 Å². The molecule has 0 spiro atoms. The first-order chi connectivity index (χ1) is 19.2. The molecule has 3 aromatic rings. The van der Waals surface area contributed by atoms with Crippen LogP contribution in [0.5, 0.6) is 0 Å². The molecule has 0 saturated heterocycles. The number of carbonyl (C=O) groups is 3. The van der Waals surface area contributed by atoms with Crippen molar-refractivity contribution in [2.24, 2.45) is 0 Å². The second-order valence-corrected chi connectivity index (χ2v) is 9.06. The van der Waals surface area contributed by atoms with E-state index in [-0.39, 0.29) is 43.1 Å². The minimum atomic E-state index is -0.716. The normalized spacial score (nSPS) is 14.6. The molecule has 10 heteroatoms. The monoisotopic (exact) mass is 542 g/mol. The van der Waals surface area contributed by atoms with Gasteiger partial charge in [-0.1, -0.05) is 30.3 Å². The number of esters is 1. The van der Waals surface area contributed by atoms with Gasteiger partial charge >= 0.3 is 5.97 Å². The second kappa shape index (κ2) is 12.3. The molecule has 1 aliphatic heterocycles. The van der Waals surface area contributed by atoms with Gasteiger partial charge in [0.25, 0.3) is 11.8 Å². The number of aryl methyl sites for hydroxylation is 1. The number of nitriles is 1. The van der Waals surface area contributed by atoms with Gasteiger partial charge < -0.3 is 9.47 Å². The summed E-state index contributed by atoms with van der Waals surface area (Å²) >= 11 is 0. The van der Waals surface area contributed by atoms with Crippen LogP contribution in [-0.4, -0.2) is 58.8 Å². The van der Waals surface area contributed by atoms with Crippen LogP contribution in [0.2, 0.25) is 0 Å². The molecule has 0 radical (unpaired) electrons. The fourth-order valence-corrected chi connectivity index (χ4v) is 4.16. The number of benzene rings is 2. The van der Waals surface area contributed by atoms with E-state index in [4.69, 9.17) is 9.47 Å². The van der Waals surface area contributed by atoms with Gasteiger partial charge in [-0.2, -0.15) is 10.4 Å². The second-order valence-electron chi connectivity index (χ2n) is 9.06. The van der Waals surface area contributed by atoms with Crippen molar-refractivity contribution in [3.8, 4) is 23.0 Å². The Morgan fingerprint density at radius 1 is 1.07 bits per heavy atom. The van der Waals surface area contributed by atoms with Gasteiger partial charge in [0.1, 0.15) is 29.8 Å². The summed E-state index contributed by atoms with van der Waals surface area (Å²) in [7, 11) is 0. The summed E-state index contributed by atoms with van der Waals surface area (Å²) in [5.74, 6) is -2.15. The van der Waals surface area contributed by atoms with Crippen molar-refractivity contribution in [3.63, 3.8) is 0 Å². The minimum absolute atomic E-state index is 0.0103. The van der Waals surface area contributed by atoms with Crippen LogP contribution in [-0.2, 0) is 23.9 Å². The average Bonchev–Trinajstić information content (AvgIpc) is 3.36. The summed E-state index contributed by atoms with van der Waals surface area (Å²) in [5.41, 5.74) is 2.87. The molecule has 9 nitrogen and oxygen atoms in total. The Hall–Kier alpha value is -4.88. The van der Waals surface area contributed by atoms with Gasteiger partial charge in [-0.25, -0.2) is 9.07 Å². The predicted octanol–water partition coefficient (Wildman–Crippen LogP) is 4.16. The van der Waals surface area contributed by atoms with Crippen molar-refractivity contribution < 1.29 is 28.2 Å². The number of amides is 2. The first-order valence-corrected chi connectivity index (χ1v) is 12.5. The molecule has 0 bridgehead atoms. The highest BCUT2D eigenvalue weighted by atomic mass is 19.1. The molecular formula is C30H27FN4O5. The van der Waals surface area contributed by atoms with Gasteiger partial charge in [0.05, 0.1) is 25.4 Å². The van der Waals surface area contributed by atoms with E-state index in [2.05, 4.69) is 5.10 Å². The molecule has 2 heterocycles. The van der Waals surface area contributed by atoms with Crippen molar-refractivity contribution in [2.75, 3.05) is 26.4 Å². The molecule has 0 atom stereocenters. The molecular weight excluding hydrogens is 515 g/mol. The summed E-state index contributed by atoms with van der Waals surface area (Å²) < 4.78 is 26.3. The van der Waals surface area contributed by atoms with Gasteiger partial charge in [-0.15, -0.1) is 0 Å². The first kappa shape index (κ1) is 28.1. The Morgan fingerprint density at radius 2 is 1.82 bits per heavy atom. The van der Waals surface area contributed by atoms with E-state index in [1.165, 1.54) is 13.0 Å². The number of ether oxygens (including phenoxy) is 2. The number of nitrogens with zero attached hydrogens (tertiary/aromatic N) is 4. The van der Waals surface area contributed by atoms with Crippen molar-refractivity contribution in [1.29, 1.82) is 5.26 Å². The third-order valence-electron chi connectivity index (χ3n) is 6.33. The SMILES string of the molecule is CC(=O)OCCOCCN1C(=O)C(C#N)=C(C)/C(=C\c2cn(-c3ccccc3)nc2-c2ccc(C)c(F)c2)C1=O. The zero-order chi connectivity index (χ0) is 28.8. The van der Waals surface area contributed by atoms with E-state index >= 15 is 0 Å². The third-order valence-corrected chi connectivity index (χ3v) is 6.33. The topological polar surface area (TPSA) is 115 Å². The summed E-state index contributed by atoms with van der Waals surface area (Å²) in [6.45, 7) is 4.50. The number of imide groups is 1. The highest BCUT2D eigenvalue weighted by Gasteiger charge is 2.35. The number of hydrogen-bond donors (Lipinski definition) is 0. The lowest BCUT2D eigenvalue weighted by molar-refractivity contribution is -0.142. The van der Waals surface area contributed by atoms with Crippen molar-refractivity contribution >= 4 is 23.9 Å². The highest BCUT2D eigenvalue weighted by Crippen LogP contribution is 2.31. The number of halogens is 1. The zero-order valence-corrected chi connectivity index (χ0v) is 22.3. The molecule has 204 valence electrons. The first-order valence-electron chi connectivity index (χ1n) is 12.5. The van der Waals surface area contributed by atoms with Crippen LogP contribution in [0, 0.1) is 24.1 Å². The van der Waals surface area contributed by atoms with Gasteiger partial charge in [-0.3, -0.25) is 19.3 Å². The number of para-hydroxylation sites is 1. The van der Waals surface area contributed by atoms with Gasteiger partial charge in [0.15, 0.2) is 0 Å². The number of rotatable bonds is 9. The number of hydrogen-bond acceptors (Lipinski definition) is 7. The number of carbonyl (C=O) groups excluding carboxylic acids is 3. The number of aromatic nitrogens is 2. The summed E-state index contributed by atoms with van der Waals surface area (Å²) in [6, 6.07) is 16.0. The van der Waals surface area contributed by atoms with Crippen molar-refractivity contribution in [3.05, 3.63) is 88.4 Å². The van der Waals surface area contributed by atoms with Gasteiger partial charge in [0, 0.05) is 29.8 Å². The Morgan fingerprint density at radius 3 is 2.50 bits per heavy atom. The lowest BCUT2D eigenvalue weighted by Crippen LogP contribution is -2.44. The molecule has 0 aliphatic carbocycles. The molecule has 1 aromatic heterocycles. The smallest absolute Gasteiger partial charge is 0.302 e. The third kappa shape index (κ3) is 6.06. The van der Waals surface area contributed by atoms with Crippen LogP contribution in [0.15, 0.2) is 71.4 Å². The van der Waals surface area contributed by atoms with Crippen LogP contribution in [0.4, 0.5) is 4.39 Å². The van der Waals surface area contributed by atoms with Crippen LogP contribution in [0.1, 0.15) is 25.0 Å². The average molecular weight is 543 g/mol. The van der Waals surface area contributed by atoms with Crippen molar-refractivity contribution in [2.45, 2.75) is 20.8 Å². The van der Waals surface area contributed by atoms with E-state index in [0.29, 0.717) is 22.4 Å². The van der Waals surface area contributed by atoms with Crippen LogP contribution in [0.25, 0.3) is 23.0 Å². The molecule has 4 rings (SSSR count). The molecule has 1 aliphatic rings. The quantitative estimate of drug-likeness (QED) is 0.173. The molecule has 0 N–H and O–H groups in total. The highest BCUT2D eigenvalue weighted by molar-refractivity contribution is 6.19. The van der Waals surface area contributed by atoms with E-state index in [1.807, 2.05) is 36.4 Å². The summed E-state index contributed by atoms with van der Waals surface area (Å²) in [5, 5.41) is 14.4. The zero-order valence-electron chi connectivity index (χ0n) is 22.3. The molecule has 2 amide bonds. The fourth-order valence-electron chi connectivity index (χ4n) is 4.16. The minimum Gasteiger partial charge on any atom is -0.463 e. The Bertz CT molecular complexity index is 1570. The fraction of sp³-hybridized carbons (Fsp3) is 0.233. The largest absolute Gasteiger partial charge is 0.463 e. The maximum atomic E-state index is 14.5. The molecule has 0 fully saturated rings. The standard InChI is InChI=1S/C30H27FN4O5/c1-19-9-10-22(16-27(19)31)28-23(18-35(33-28)24-7-5-4-6-8-24)15-25-20(2)26(17-32)30(38)34(29(25)37)11-12-39-13-14-40-21(3)36/h4-10,15-16,18H,11-14H2,1-3H3/b25-15+. The summed E-state index contributed by atoms with van der Waals surface area (Å²) in [4.78, 5) is 38.3. The predicted molar refractivity (Wildman–Crippen MR) is 144 cm³/mol. The Kier molecular flexibility index (Phi) is 8.67. The van der Waals surface area contributed by atoms with Crippen molar-refractivity contribution in [1.82, 2.24) is 14.7 Å².